The van der Waals surface area contributed by atoms with Crippen LogP contribution in [-0.2, 0) is 52.4 Å². The molecule has 1 rings (SSSR count). The van der Waals surface area contributed by atoms with Crippen molar-refractivity contribution in [1.82, 2.24) is 0 Å². The van der Waals surface area contributed by atoms with Gasteiger partial charge >= 0.3 is 29.8 Å². The van der Waals surface area contributed by atoms with E-state index in [0.29, 0.717) is 25.2 Å². The summed E-state index contributed by atoms with van der Waals surface area (Å²) in [6.45, 7) is 6.61. The van der Waals surface area contributed by atoms with Crippen LogP contribution in [0.2, 0.25) is 0 Å². The summed E-state index contributed by atoms with van der Waals surface area (Å²) in [6, 6.07) is 0. The van der Waals surface area contributed by atoms with E-state index in [-0.39, 0.29) is 12.6 Å². The summed E-state index contributed by atoms with van der Waals surface area (Å²) in [7, 11) is 0. The Morgan fingerprint density at radius 1 is 0.735 bits per heavy atom. The van der Waals surface area contributed by atoms with Crippen LogP contribution >= 0.6 is 11.8 Å². The summed E-state index contributed by atoms with van der Waals surface area (Å²) in [5.41, 5.74) is -0.786. The minimum Gasteiger partial charge on any atom is -0.466 e. The van der Waals surface area contributed by atoms with Crippen molar-refractivity contribution in [2.75, 3.05) is 19.0 Å². The average Bonchev–Trinajstić information content (AvgIpc) is 2.72. The number of thioether (sulfide) groups is 1. The number of hydrogen-bond donors (Lipinski definition) is 0. The first-order chi connectivity index (χ1) is 16.0. The Morgan fingerprint density at radius 3 is 1.88 bits per heavy atom. The lowest BCUT2D eigenvalue weighted by Gasteiger charge is -2.44. The molecule has 0 aliphatic carbocycles. The molecule has 12 heteroatoms. The molecule has 0 amide bonds. The van der Waals surface area contributed by atoms with Gasteiger partial charge < -0.3 is 28.4 Å². The summed E-state index contributed by atoms with van der Waals surface area (Å²) in [6.07, 6.45) is -1.86. The molecule has 0 aromatic carbocycles. The first kappa shape index (κ1) is 29.7. The average molecular weight is 507 g/mol. The van der Waals surface area contributed by atoms with Crippen LogP contribution in [-0.4, -0.2) is 78.7 Å². The second-order valence-corrected chi connectivity index (χ2v) is 8.76. The molecule has 1 aliphatic rings. The summed E-state index contributed by atoms with van der Waals surface area (Å²) in [4.78, 5) is 58.1. The summed E-state index contributed by atoms with van der Waals surface area (Å²) in [5.74, 6) is -2.21. The first-order valence-corrected chi connectivity index (χ1v) is 12.2. The van der Waals surface area contributed by atoms with Gasteiger partial charge in [-0.25, -0.2) is 0 Å². The van der Waals surface area contributed by atoms with E-state index in [4.69, 9.17) is 28.4 Å². The van der Waals surface area contributed by atoms with Crippen LogP contribution in [0.1, 0.15) is 60.3 Å². The molecule has 1 aliphatic heterocycles. The van der Waals surface area contributed by atoms with Gasteiger partial charge in [-0.2, -0.15) is 0 Å². The molecule has 5 atom stereocenters. The van der Waals surface area contributed by atoms with Gasteiger partial charge in [-0.3, -0.25) is 24.0 Å². The number of unbranched alkanes of at least 4 members (excludes halogenated alkanes) is 2. The number of esters is 5. The van der Waals surface area contributed by atoms with Crippen molar-refractivity contribution >= 4 is 41.6 Å². The number of ether oxygens (including phenoxy) is 6. The normalized spacial score (nSPS) is 24.0. The van der Waals surface area contributed by atoms with Gasteiger partial charge in [-0.1, -0.05) is 6.42 Å². The van der Waals surface area contributed by atoms with Crippen molar-refractivity contribution in [3.05, 3.63) is 0 Å². The highest BCUT2D eigenvalue weighted by Gasteiger charge is 2.52. The Hall–Kier alpha value is -2.34. The fraction of sp³-hybridized carbons (Fsp3) is 0.773. The fourth-order valence-corrected chi connectivity index (χ4v) is 4.53. The van der Waals surface area contributed by atoms with Gasteiger partial charge in [0.25, 0.3) is 0 Å². The standard InChI is InChI=1S/C22H34O11S/c1-6-28-18(27)10-8-7-9-11-34-22-21(32-16(5)26)20(31-15(4)25)19(30-14(3)24)17(33-22)12-29-13(2)23/h17,19-22H,6-12H2,1-5H3/t17-,19-,20+,21-,22+/m1/s1. The largest absolute Gasteiger partial charge is 0.466 e. The molecule has 0 aromatic rings. The molecule has 0 radical (unpaired) electrons. The zero-order valence-electron chi connectivity index (χ0n) is 20.2. The molecule has 0 saturated carbocycles. The second-order valence-electron chi connectivity index (χ2n) is 7.55. The van der Waals surface area contributed by atoms with Gasteiger partial charge in [-0.15, -0.1) is 11.8 Å². The van der Waals surface area contributed by atoms with Crippen molar-refractivity contribution in [2.24, 2.45) is 0 Å². The van der Waals surface area contributed by atoms with Crippen molar-refractivity contribution in [1.29, 1.82) is 0 Å². The molecule has 0 bridgehead atoms. The van der Waals surface area contributed by atoms with Crippen LogP contribution in [0.3, 0.4) is 0 Å². The highest BCUT2D eigenvalue weighted by Crippen LogP contribution is 2.34. The Labute approximate surface area is 203 Å². The highest BCUT2D eigenvalue weighted by molar-refractivity contribution is 7.99. The lowest BCUT2D eigenvalue weighted by Crippen LogP contribution is -2.61. The highest BCUT2D eigenvalue weighted by atomic mass is 32.2. The lowest BCUT2D eigenvalue weighted by molar-refractivity contribution is -0.237. The van der Waals surface area contributed by atoms with E-state index < -0.39 is 53.7 Å². The predicted molar refractivity (Wildman–Crippen MR) is 120 cm³/mol. The molecule has 1 saturated heterocycles. The van der Waals surface area contributed by atoms with Crippen LogP contribution in [0.4, 0.5) is 0 Å². The third-order valence-electron chi connectivity index (χ3n) is 4.56. The molecule has 0 aromatic heterocycles. The Morgan fingerprint density at radius 2 is 1.32 bits per heavy atom. The molecule has 1 fully saturated rings. The second kappa shape index (κ2) is 15.5. The molecule has 0 N–H and O–H groups in total. The van der Waals surface area contributed by atoms with Crippen molar-refractivity contribution < 1.29 is 52.4 Å². The molecule has 11 nitrogen and oxygen atoms in total. The Kier molecular flexibility index (Phi) is 13.6. The van der Waals surface area contributed by atoms with E-state index in [0.717, 1.165) is 12.8 Å². The quantitative estimate of drug-likeness (QED) is 0.205. The molecule has 0 unspecified atom stereocenters. The van der Waals surface area contributed by atoms with Gasteiger partial charge in [0.05, 0.1) is 6.61 Å². The van der Waals surface area contributed by atoms with Crippen molar-refractivity contribution in [3.63, 3.8) is 0 Å². The number of carbonyl (C=O) groups excluding carboxylic acids is 5. The topological polar surface area (TPSA) is 141 Å². The van der Waals surface area contributed by atoms with E-state index in [1.807, 2.05) is 0 Å². The minimum absolute atomic E-state index is 0.241. The Bertz CT molecular complexity index is 711. The first-order valence-electron chi connectivity index (χ1n) is 11.1. The zero-order valence-corrected chi connectivity index (χ0v) is 21.1. The number of carbonyl (C=O) groups is 5. The molecule has 0 spiro atoms. The van der Waals surface area contributed by atoms with E-state index >= 15 is 0 Å². The van der Waals surface area contributed by atoms with Crippen LogP contribution in [0, 0.1) is 0 Å². The third kappa shape index (κ3) is 11.2. The van der Waals surface area contributed by atoms with Crippen LogP contribution in [0.5, 0.6) is 0 Å². The molecule has 194 valence electrons. The summed E-state index contributed by atoms with van der Waals surface area (Å²) < 4.78 is 32.1. The molecule has 1 heterocycles. The maximum atomic E-state index is 11.8. The van der Waals surface area contributed by atoms with E-state index in [1.54, 1.807) is 6.92 Å². The summed E-state index contributed by atoms with van der Waals surface area (Å²) >= 11 is 1.32. The van der Waals surface area contributed by atoms with Crippen molar-refractivity contribution in [2.45, 2.75) is 90.2 Å². The van der Waals surface area contributed by atoms with Crippen LogP contribution in [0.25, 0.3) is 0 Å². The SMILES string of the molecule is CCOC(=O)CCCCCS[C@@H]1O[C@H](COC(C)=O)[C@@H](OC(C)=O)[C@H](OC(C)=O)[C@H]1OC(C)=O. The van der Waals surface area contributed by atoms with Gasteiger partial charge in [0, 0.05) is 34.1 Å². The van der Waals surface area contributed by atoms with Crippen LogP contribution < -0.4 is 0 Å². The van der Waals surface area contributed by atoms with E-state index in [9.17, 15) is 24.0 Å². The molecule has 34 heavy (non-hydrogen) atoms. The predicted octanol–water partition coefficient (Wildman–Crippen LogP) is 1.93. The number of hydrogen-bond acceptors (Lipinski definition) is 12. The van der Waals surface area contributed by atoms with E-state index in [1.165, 1.54) is 39.5 Å². The van der Waals surface area contributed by atoms with Gasteiger partial charge in [0.15, 0.2) is 18.3 Å². The van der Waals surface area contributed by atoms with E-state index in [2.05, 4.69) is 0 Å². The fourth-order valence-electron chi connectivity index (χ4n) is 3.30. The minimum atomic E-state index is -1.17. The van der Waals surface area contributed by atoms with Crippen LogP contribution in [0.15, 0.2) is 0 Å². The smallest absolute Gasteiger partial charge is 0.305 e. The van der Waals surface area contributed by atoms with Gasteiger partial charge in [-0.05, 0) is 25.5 Å². The number of rotatable bonds is 13. The van der Waals surface area contributed by atoms with Crippen molar-refractivity contribution in [3.8, 4) is 0 Å². The zero-order chi connectivity index (χ0) is 25.7. The Balaban J connectivity index is 2.96. The molecular weight excluding hydrogens is 472 g/mol. The monoisotopic (exact) mass is 506 g/mol. The molecular formula is C22H34O11S. The maximum Gasteiger partial charge on any atom is 0.305 e. The van der Waals surface area contributed by atoms with Gasteiger partial charge in [0.2, 0.25) is 0 Å². The third-order valence-corrected chi connectivity index (χ3v) is 5.79. The lowest BCUT2D eigenvalue weighted by atomic mass is 9.99. The maximum absolute atomic E-state index is 11.8. The summed E-state index contributed by atoms with van der Waals surface area (Å²) in [5, 5.41) is 0. The van der Waals surface area contributed by atoms with Gasteiger partial charge in [0.1, 0.15) is 18.1 Å².